The Bertz CT molecular complexity index is 243. The third-order valence-corrected chi connectivity index (χ3v) is 2.15. The summed E-state index contributed by atoms with van der Waals surface area (Å²) in [6, 6.07) is 0. The van der Waals surface area contributed by atoms with E-state index in [-0.39, 0.29) is 23.8 Å². The van der Waals surface area contributed by atoms with Crippen molar-refractivity contribution in [2.24, 2.45) is 5.92 Å². The first-order valence-electron chi connectivity index (χ1n) is 4.45. The zero-order chi connectivity index (χ0) is 9.84. The van der Waals surface area contributed by atoms with Gasteiger partial charge in [-0.2, -0.15) is 0 Å². The minimum atomic E-state index is -0.313. The van der Waals surface area contributed by atoms with Crippen LogP contribution in [0.4, 0.5) is 0 Å². The molecule has 1 aliphatic rings. The number of rotatable bonds is 2. The topological polar surface area (TPSA) is 43.4 Å². The summed E-state index contributed by atoms with van der Waals surface area (Å²) in [4.78, 5) is 21.9. The van der Waals surface area contributed by atoms with Crippen LogP contribution in [0.2, 0.25) is 0 Å². The molecule has 0 heterocycles. The summed E-state index contributed by atoms with van der Waals surface area (Å²) in [6.07, 6.45) is 5.17. The molecule has 72 valence electrons. The zero-order valence-corrected chi connectivity index (χ0v) is 7.95. The van der Waals surface area contributed by atoms with Crippen LogP contribution in [0.3, 0.4) is 0 Å². The average molecular weight is 182 g/mol. The maximum Gasteiger partial charge on any atom is 0.302 e. The number of allylic oxidation sites excluding steroid dienone is 1. The van der Waals surface area contributed by atoms with Crippen molar-refractivity contribution in [3.05, 3.63) is 12.2 Å². The molecule has 0 radical (unpaired) electrons. The highest BCUT2D eigenvalue weighted by molar-refractivity contribution is 5.81. The number of hydrogen-bond acceptors (Lipinski definition) is 3. The summed E-state index contributed by atoms with van der Waals surface area (Å²) in [7, 11) is 0. The Morgan fingerprint density at radius 1 is 1.38 bits per heavy atom. The molecule has 0 aromatic heterocycles. The molecule has 0 fully saturated rings. The van der Waals surface area contributed by atoms with Crippen molar-refractivity contribution in [3.63, 3.8) is 0 Å². The van der Waals surface area contributed by atoms with Gasteiger partial charge in [0.25, 0.3) is 0 Å². The van der Waals surface area contributed by atoms with Gasteiger partial charge in [-0.25, -0.2) is 0 Å². The fourth-order valence-corrected chi connectivity index (χ4v) is 1.55. The maximum absolute atomic E-state index is 11.1. The summed E-state index contributed by atoms with van der Waals surface area (Å²) in [5, 5.41) is 0. The van der Waals surface area contributed by atoms with Crippen LogP contribution in [-0.4, -0.2) is 17.9 Å². The lowest BCUT2D eigenvalue weighted by atomic mass is 9.90. The SMILES string of the molecule is CC(=O)OC1CCC=CC1C(C)=O. The molecule has 0 N–H and O–H groups in total. The smallest absolute Gasteiger partial charge is 0.302 e. The van der Waals surface area contributed by atoms with Gasteiger partial charge in [0, 0.05) is 6.92 Å². The predicted octanol–water partition coefficient (Wildman–Crippen LogP) is 1.47. The fourth-order valence-electron chi connectivity index (χ4n) is 1.55. The minimum absolute atomic E-state index is 0.0576. The van der Waals surface area contributed by atoms with Crippen LogP contribution in [0.5, 0.6) is 0 Å². The van der Waals surface area contributed by atoms with Crippen LogP contribution in [-0.2, 0) is 14.3 Å². The van der Waals surface area contributed by atoms with E-state index in [9.17, 15) is 9.59 Å². The number of carbonyl (C=O) groups is 2. The Morgan fingerprint density at radius 2 is 2.08 bits per heavy atom. The molecule has 0 aromatic rings. The quantitative estimate of drug-likeness (QED) is 0.480. The van der Waals surface area contributed by atoms with Crippen molar-refractivity contribution >= 4 is 11.8 Å². The van der Waals surface area contributed by atoms with Crippen molar-refractivity contribution in [2.75, 3.05) is 0 Å². The summed E-state index contributed by atoms with van der Waals surface area (Å²) in [5.41, 5.74) is 0. The Morgan fingerprint density at radius 3 is 2.62 bits per heavy atom. The minimum Gasteiger partial charge on any atom is -0.461 e. The normalized spacial score (nSPS) is 26.9. The van der Waals surface area contributed by atoms with Crippen molar-refractivity contribution in [3.8, 4) is 0 Å². The molecule has 0 saturated carbocycles. The van der Waals surface area contributed by atoms with Gasteiger partial charge < -0.3 is 4.74 Å². The zero-order valence-electron chi connectivity index (χ0n) is 7.95. The number of ether oxygens (including phenoxy) is 1. The molecular weight excluding hydrogens is 168 g/mol. The second-order valence-corrected chi connectivity index (χ2v) is 3.29. The van der Waals surface area contributed by atoms with Crippen LogP contribution in [0.1, 0.15) is 26.7 Å². The van der Waals surface area contributed by atoms with E-state index in [0.717, 1.165) is 12.8 Å². The summed E-state index contributed by atoms with van der Waals surface area (Å²) < 4.78 is 5.05. The van der Waals surface area contributed by atoms with E-state index in [2.05, 4.69) is 0 Å². The van der Waals surface area contributed by atoms with Gasteiger partial charge in [0.2, 0.25) is 0 Å². The lowest BCUT2D eigenvalue weighted by Gasteiger charge is -2.24. The lowest BCUT2D eigenvalue weighted by Crippen LogP contribution is -2.31. The van der Waals surface area contributed by atoms with Crippen LogP contribution >= 0.6 is 0 Å². The maximum atomic E-state index is 11.1. The number of Topliss-reactive ketones (excluding diaryl/α,β-unsaturated/α-hetero) is 1. The molecule has 13 heavy (non-hydrogen) atoms. The highest BCUT2D eigenvalue weighted by Crippen LogP contribution is 2.21. The van der Waals surface area contributed by atoms with Gasteiger partial charge in [-0.3, -0.25) is 9.59 Å². The van der Waals surface area contributed by atoms with Gasteiger partial charge in [-0.1, -0.05) is 12.2 Å². The third-order valence-electron chi connectivity index (χ3n) is 2.15. The molecule has 0 aromatic carbocycles. The van der Waals surface area contributed by atoms with Crippen molar-refractivity contribution in [1.82, 2.24) is 0 Å². The van der Waals surface area contributed by atoms with Crippen molar-refractivity contribution < 1.29 is 14.3 Å². The molecule has 2 unspecified atom stereocenters. The predicted molar refractivity (Wildman–Crippen MR) is 48.1 cm³/mol. The van der Waals surface area contributed by atoms with Crippen LogP contribution in [0, 0.1) is 5.92 Å². The number of hydrogen-bond donors (Lipinski definition) is 0. The summed E-state index contributed by atoms with van der Waals surface area (Å²) in [5.74, 6) is -0.494. The first-order chi connectivity index (χ1) is 6.11. The van der Waals surface area contributed by atoms with E-state index in [0.29, 0.717) is 0 Å². The second kappa shape index (κ2) is 4.21. The lowest BCUT2D eigenvalue weighted by molar-refractivity contribution is -0.150. The molecule has 1 aliphatic carbocycles. The molecule has 0 aliphatic heterocycles. The van der Waals surface area contributed by atoms with Crippen LogP contribution in [0.25, 0.3) is 0 Å². The van der Waals surface area contributed by atoms with Gasteiger partial charge in [-0.15, -0.1) is 0 Å². The fraction of sp³-hybridized carbons (Fsp3) is 0.600. The Hall–Kier alpha value is -1.12. The monoisotopic (exact) mass is 182 g/mol. The highest BCUT2D eigenvalue weighted by Gasteiger charge is 2.27. The highest BCUT2D eigenvalue weighted by atomic mass is 16.5. The first-order valence-corrected chi connectivity index (χ1v) is 4.45. The summed E-state index contributed by atoms with van der Waals surface area (Å²) in [6.45, 7) is 2.90. The molecule has 0 saturated heterocycles. The Kier molecular flexibility index (Phi) is 3.23. The van der Waals surface area contributed by atoms with Crippen LogP contribution in [0.15, 0.2) is 12.2 Å². The molecule has 0 amide bonds. The van der Waals surface area contributed by atoms with Gasteiger partial charge in [-0.05, 0) is 19.8 Å². The second-order valence-electron chi connectivity index (χ2n) is 3.29. The van der Waals surface area contributed by atoms with Crippen molar-refractivity contribution in [2.45, 2.75) is 32.8 Å². The number of carbonyl (C=O) groups excluding carboxylic acids is 2. The van der Waals surface area contributed by atoms with Crippen molar-refractivity contribution in [1.29, 1.82) is 0 Å². The largest absolute Gasteiger partial charge is 0.461 e. The van der Waals surface area contributed by atoms with Gasteiger partial charge in [0.1, 0.15) is 11.9 Å². The van der Waals surface area contributed by atoms with Gasteiger partial charge in [0.15, 0.2) is 0 Å². The molecule has 3 nitrogen and oxygen atoms in total. The molecule has 2 atom stereocenters. The molecule has 0 spiro atoms. The van der Waals surface area contributed by atoms with E-state index in [1.165, 1.54) is 13.8 Å². The van der Waals surface area contributed by atoms with E-state index < -0.39 is 0 Å². The third kappa shape index (κ3) is 2.68. The van der Waals surface area contributed by atoms with Crippen LogP contribution < -0.4 is 0 Å². The standard InChI is InChI=1S/C10H14O3/c1-7(11)9-5-3-4-6-10(9)13-8(2)12/h3,5,9-10H,4,6H2,1-2H3. The Balaban J connectivity index is 2.65. The Labute approximate surface area is 77.8 Å². The van der Waals surface area contributed by atoms with E-state index in [1.807, 2.05) is 12.2 Å². The average Bonchev–Trinajstić information content (AvgIpc) is 2.03. The first kappa shape index (κ1) is 9.96. The molecule has 3 heteroatoms. The van der Waals surface area contributed by atoms with Gasteiger partial charge in [0.05, 0.1) is 5.92 Å². The van der Waals surface area contributed by atoms with E-state index >= 15 is 0 Å². The summed E-state index contributed by atoms with van der Waals surface area (Å²) >= 11 is 0. The van der Waals surface area contributed by atoms with E-state index in [1.54, 1.807) is 0 Å². The van der Waals surface area contributed by atoms with E-state index in [4.69, 9.17) is 4.74 Å². The number of esters is 1. The molecular formula is C10H14O3. The van der Waals surface area contributed by atoms with Gasteiger partial charge >= 0.3 is 5.97 Å². The molecule has 0 bridgehead atoms. The molecule has 1 rings (SSSR count). The number of ketones is 1.